The molecule has 0 saturated heterocycles. The molecule has 76 valence electrons. The van der Waals surface area contributed by atoms with E-state index in [-0.39, 0.29) is 0 Å². The molecule has 0 spiro atoms. The highest BCUT2D eigenvalue weighted by molar-refractivity contribution is 5.51. The minimum Gasteiger partial charge on any atom is -0.305 e. The third kappa shape index (κ3) is 1.98. The quantitative estimate of drug-likeness (QED) is 0.674. The molecule has 0 aromatic carbocycles. The first-order valence-corrected chi connectivity index (χ1v) is 4.28. The highest BCUT2D eigenvalue weighted by Gasteiger charge is 2.01. The van der Waals surface area contributed by atoms with Crippen molar-refractivity contribution >= 4 is 0 Å². The summed E-state index contributed by atoms with van der Waals surface area (Å²) >= 11 is 0. The molecule has 2 heterocycles. The summed E-state index contributed by atoms with van der Waals surface area (Å²) in [4.78, 5) is 34.6. The topological polar surface area (TPSA) is 91.5 Å². The van der Waals surface area contributed by atoms with Gasteiger partial charge in [0.25, 0.3) is 5.56 Å². The monoisotopic (exact) mass is 204 g/mol. The second-order valence-corrected chi connectivity index (χ2v) is 3.04. The zero-order valence-corrected chi connectivity index (χ0v) is 7.94. The molecule has 0 aliphatic heterocycles. The molecule has 0 saturated carbocycles. The highest BCUT2D eigenvalue weighted by atomic mass is 16.2. The van der Waals surface area contributed by atoms with Crippen LogP contribution < -0.4 is 11.2 Å². The summed E-state index contributed by atoms with van der Waals surface area (Å²) in [5.74, 6) is 0. The van der Waals surface area contributed by atoms with Gasteiger partial charge in [0.2, 0.25) is 0 Å². The number of H-pyrrole nitrogens is 2. The molecule has 0 atom stereocenters. The van der Waals surface area contributed by atoms with Gasteiger partial charge in [0, 0.05) is 12.3 Å². The van der Waals surface area contributed by atoms with Crippen molar-refractivity contribution in [3.63, 3.8) is 0 Å². The van der Waals surface area contributed by atoms with Crippen molar-refractivity contribution in [2.75, 3.05) is 0 Å². The molecule has 0 fully saturated rings. The Hall–Kier alpha value is -2.24. The fraction of sp³-hybridized carbons (Fsp3) is 0.111. The van der Waals surface area contributed by atoms with E-state index in [0.717, 1.165) is 5.69 Å². The molecule has 2 rings (SSSR count). The van der Waals surface area contributed by atoms with Crippen LogP contribution in [0.4, 0.5) is 0 Å². The number of nitrogens with zero attached hydrogens (tertiary/aromatic N) is 2. The maximum absolute atomic E-state index is 11.0. The number of aromatic nitrogens is 4. The molecule has 2 N–H and O–H groups in total. The number of rotatable bonds is 1. The van der Waals surface area contributed by atoms with Gasteiger partial charge in [0.15, 0.2) is 0 Å². The lowest BCUT2D eigenvalue weighted by Gasteiger charge is -1.98. The van der Waals surface area contributed by atoms with Gasteiger partial charge in [-0.25, -0.2) is 4.79 Å². The predicted octanol–water partition coefficient (Wildman–Crippen LogP) is -0.171. The zero-order chi connectivity index (χ0) is 10.8. The van der Waals surface area contributed by atoms with E-state index >= 15 is 0 Å². The average molecular weight is 204 g/mol. The average Bonchev–Trinajstić information content (AvgIpc) is 2.17. The second-order valence-electron chi connectivity index (χ2n) is 3.04. The Balaban J connectivity index is 2.59. The molecule has 0 radical (unpaired) electrons. The Labute approximate surface area is 84.1 Å². The molecule has 0 unspecified atom stereocenters. The van der Waals surface area contributed by atoms with Gasteiger partial charge < -0.3 is 4.98 Å². The molecule has 0 bridgehead atoms. The predicted molar refractivity (Wildman–Crippen MR) is 53.4 cm³/mol. The Morgan fingerprint density at radius 3 is 2.53 bits per heavy atom. The summed E-state index contributed by atoms with van der Waals surface area (Å²) in [6, 6.07) is 1.26. The van der Waals surface area contributed by atoms with E-state index in [1.54, 1.807) is 13.1 Å². The third-order valence-corrected chi connectivity index (χ3v) is 1.82. The van der Waals surface area contributed by atoms with Crippen LogP contribution in [-0.2, 0) is 0 Å². The van der Waals surface area contributed by atoms with E-state index in [0.29, 0.717) is 11.4 Å². The van der Waals surface area contributed by atoms with Crippen molar-refractivity contribution < 1.29 is 0 Å². The van der Waals surface area contributed by atoms with Gasteiger partial charge in [0.1, 0.15) is 5.69 Å². The fourth-order valence-electron chi connectivity index (χ4n) is 1.14. The van der Waals surface area contributed by atoms with E-state index in [2.05, 4.69) is 19.9 Å². The molecule has 6 heteroatoms. The Bertz CT molecular complexity index is 554. The van der Waals surface area contributed by atoms with Gasteiger partial charge in [-0.3, -0.25) is 19.7 Å². The van der Waals surface area contributed by atoms with Crippen LogP contribution in [0.3, 0.4) is 0 Å². The lowest BCUT2D eigenvalue weighted by molar-refractivity contribution is 1.02. The van der Waals surface area contributed by atoms with E-state index in [1.807, 2.05) is 0 Å². The van der Waals surface area contributed by atoms with Crippen LogP contribution in [0.25, 0.3) is 11.4 Å². The molecule has 0 aliphatic carbocycles. The van der Waals surface area contributed by atoms with Crippen LogP contribution in [0, 0.1) is 6.92 Å². The summed E-state index contributed by atoms with van der Waals surface area (Å²) in [6.45, 7) is 1.80. The highest BCUT2D eigenvalue weighted by Crippen LogP contribution is 2.07. The van der Waals surface area contributed by atoms with Crippen LogP contribution in [0.5, 0.6) is 0 Å². The molecule has 2 aromatic heterocycles. The van der Waals surface area contributed by atoms with Crippen molar-refractivity contribution in [3.8, 4) is 11.4 Å². The number of hydrogen-bond acceptors (Lipinski definition) is 4. The van der Waals surface area contributed by atoms with Gasteiger partial charge in [-0.05, 0) is 6.92 Å². The van der Waals surface area contributed by atoms with Gasteiger partial charge >= 0.3 is 5.69 Å². The molecule has 15 heavy (non-hydrogen) atoms. The molecule has 0 aliphatic rings. The third-order valence-electron chi connectivity index (χ3n) is 1.82. The first kappa shape index (κ1) is 9.32. The SMILES string of the molecule is Cc1cnc(-c2cc(=O)[nH]c(=O)[nH]2)cn1. The van der Waals surface area contributed by atoms with E-state index in [9.17, 15) is 9.59 Å². The standard InChI is InChI=1S/C9H8N4O2/c1-5-3-11-7(4-10-5)6-2-8(14)13-9(15)12-6/h2-4H,1H3,(H2,12,13,14,15). The van der Waals surface area contributed by atoms with Crippen LogP contribution in [-0.4, -0.2) is 19.9 Å². The van der Waals surface area contributed by atoms with Crippen LogP contribution in [0.15, 0.2) is 28.0 Å². The lowest BCUT2D eigenvalue weighted by Crippen LogP contribution is -2.21. The number of nitrogens with one attached hydrogen (secondary N) is 2. The number of aryl methyl sites for hydroxylation is 1. The Kier molecular flexibility index (Phi) is 2.17. The van der Waals surface area contributed by atoms with Gasteiger partial charge in [0.05, 0.1) is 17.6 Å². The summed E-state index contributed by atoms with van der Waals surface area (Å²) in [6.07, 6.45) is 3.06. The second kappa shape index (κ2) is 3.49. The first-order valence-electron chi connectivity index (χ1n) is 4.28. The number of aromatic amines is 2. The van der Waals surface area contributed by atoms with Crippen molar-refractivity contribution in [1.82, 2.24) is 19.9 Å². The van der Waals surface area contributed by atoms with Crippen LogP contribution in [0.2, 0.25) is 0 Å². The summed E-state index contributed by atoms with van der Waals surface area (Å²) in [5, 5.41) is 0. The van der Waals surface area contributed by atoms with Crippen molar-refractivity contribution in [2.45, 2.75) is 6.92 Å². The van der Waals surface area contributed by atoms with E-state index < -0.39 is 11.2 Å². The molecule has 6 nitrogen and oxygen atoms in total. The number of hydrogen-bond donors (Lipinski definition) is 2. The lowest BCUT2D eigenvalue weighted by atomic mass is 10.3. The van der Waals surface area contributed by atoms with Gasteiger partial charge in [-0.15, -0.1) is 0 Å². The Morgan fingerprint density at radius 2 is 1.93 bits per heavy atom. The Morgan fingerprint density at radius 1 is 1.13 bits per heavy atom. The first-order chi connectivity index (χ1) is 7.15. The summed E-state index contributed by atoms with van der Waals surface area (Å²) < 4.78 is 0. The molecule has 0 amide bonds. The summed E-state index contributed by atoms with van der Waals surface area (Å²) in [7, 11) is 0. The molecular weight excluding hydrogens is 196 g/mol. The van der Waals surface area contributed by atoms with Crippen molar-refractivity contribution in [1.29, 1.82) is 0 Å². The maximum Gasteiger partial charge on any atom is 0.326 e. The minimum absolute atomic E-state index is 0.358. The molecule has 2 aromatic rings. The molecular formula is C9H8N4O2. The summed E-state index contributed by atoms with van der Waals surface area (Å²) in [5.41, 5.74) is 0.571. The maximum atomic E-state index is 11.0. The fourth-order valence-corrected chi connectivity index (χ4v) is 1.14. The van der Waals surface area contributed by atoms with Crippen LogP contribution in [0.1, 0.15) is 5.69 Å². The van der Waals surface area contributed by atoms with Crippen molar-refractivity contribution in [3.05, 3.63) is 45.0 Å². The van der Waals surface area contributed by atoms with Crippen LogP contribution >= 0.6 is 0 Å². The van der Waals surface area contributed by atoms with E-state index in [1.165, 1.54) is 12.3 Å². The van der Waals surface area contributed by atoms with E-state index in [4.69, 9.17) is 0 Å². The van der Waals surface area contributed by atoms with Gasteiger partial charge in [-0.1, -0.05) is 0 Å². The normalized spacial score (nSPS) is 10.2. The van der Waals surface area contributed by atoms with Crippen molar-refractivity contribution in [2.24, 2.45) is 0 Å². The smallest absolute Gasteiger partial charge is 0.305 e. The largest absolute Gasteiger partial charge is 0.326 e. The minimum atomic E-state index is -0.556. The van der Waals surface area contributed by atoms with Gasteiger partial charge in [-0.2, -0.15) is 0 Å². The zero-order valence-electron chi connectivity index (χ0n) is 7.94.